The predicted molar refractivity (Wildman–Crippen MR) is 84.4 cm³/mol. The van der Waals surface area contributed by atoms with Crippen LogP contribution in [-0.2, 0) is 4.79 Å². The standard InChI is InChI=1S/C15H31N3O3/c1-8-11(2)18(7)10-9-16-13(21)17-15(5,6)14(3,4)12(19)20/h11H,8-10H2,1-7H3,(H,19,20)(H2,16,17,21). The van der Waals surface area contributed by atoms with Crippen LogP contribution in [0.5, 0.6) is 0 Å². The molecule has 6 heteroatoms. The number of hydrogen-bond acceptors (Lipinski definition) is 3. The molecule has 0 aliphatic rings. The largest absolute Gasteiger partial charge is 0.481 e. The highest BCUT2D eigenvalue weighted by atomic mass is 16.4. The maximum atomic E-state index is 11.9. The second-order valence-electron chi connectivity index (χ2n) is 6.67. The summed E-state index contributed by atoms with van der Waals surface area (Å²) in [6.07, 6.45) is 1.06. The number of nitrogens with one attached hydrogen (secondary N) is 2. The fourth-order valence-electron chi connectivity index (χ4n) is 1.63. The van der Waals surface area contributed by atoms with Crippen molar-refractivity contribution in [2.24, 2.45) is 5.41 Å². The Morgan fingerprint density at radius 2 is 1.76 bits per heavy atom. The van der Waals surface area contributed by atoms with E-state index in [4.69, 9.17) is 0 Å². The molecule has 2 amide bonds. The zero-order valence-corrected chi connectivity index (χ0v) is 14.4. The van der Waals surface area contributed by atoms with Gasteiger partial charge < -0.3 is 20.6 Å². The van der Waals surface area contributed by atoms with E-state index in [0.29, 0.717) is 12.6 Å². The molecule has 0 rings (SSSR count). The number of likely N-dealkylation sites (N-methyl/N-ethyl adjacent to an activating group) is 1. The highest BCUT2D eigenvalue weighted by Gasteiger charge is 2.44. The van der Waals surface area contributed by atoms with Gasteiger partial charge in [0.1, 0.15) is 0 Å². The average molecular weight is 301 g/mol. The minimum Gasteiger partial charge on any atom is -0.481 e. The SMILES string of the molecule is CCC(C)N(C)CCNC(=O)NC(C)(C)C(C)(C)C(=O)O. The van der Waals surface area contributed by atoms with Gasteiger partial charge in [0, 0.05) is 19.1 Å². The van der Waals surface area contributed by atoms with Crippen LogP contribution < -0.4 is 10.6 Å². The van der Waals surface area contributed by atoms with Gasteiger partial charge in [0.2, 0.25) is 0 Å². The van der Waals surface area contributed by atoms with E-state index in [1.807, 2.05) is 7.05 Å². The first kappa shape index (κ1) is 19.7. The average Bonchev–Trinajstić information content (AvgIpc) is 2.36. The summed E-state index contributed by atoms with van der Waals surface area (Å²) in [4.78, 5) is 25.4. The zero-order chi connectivity index (χ0) is 16.8. The van der Waals surface area contributed by atoms with E-state index in [0.717, 1.165) is 13.0 Å². The Kier molecular flexibility index (Phi) is 7.16. The van der Waals surface area contributed by atoms with E-state index >= 15 is 0 Å². The summed E-state index contributed by atoms with van der Waals surface area (Å²) in [6, 6.07) is 0.129. The number of aliphatic carboxylic acids is 1. The molecule has 1 atom stereocenters. The lowest BCUT2D eigenvalue weighted by molar-refractivity contribution is -0.150. The lowest BCUT2D eigenvalue weighted by atomic mass is 9.74. The Balaban J connectivity index is 4.36. The number of urea groups is 1. The summed E-state index contributed by atoms with van der Waals surface area (Å²) in [5.74, 6) is -0.940. The van der Waals surface area contributed by atoms with Gasteiger partial charge in [-0.05, 0) is 48.1 Å². The Morgan fingerprint density at radius 1 is 1.24 bits per heavy atom. The molecule has 0 heterocycles. The fourth-order valence-corrected chi connectivity index (χ4v) is 1.63. The molecule has 3 N–H and O–H groups in total. The maximum absolute atomic E-state index is 11.9. The quantitative estimate of drug-likeness (QED) is 0.639. The number of hydrogen-bond donors (Lipinski definition) is 3. The second kappa shape index (κ2) is 7.64. The van der Waals surface area contributed by atoms with E-state index < -0.39 is 16.9 Å². The molecule has 0 saturated carbocycles. The van der Waals surface area contributed by atoms with Gasteiger partial charge in [-0.25, -0.2) is 4.79 Å². The van der Waals surface area contributed by atoms with Crippen LogP contribution in [0.2, 0.25) is 0 Å². The fraction of sp³-hybridized carbons (Fsp3) is 0.867. The van der Waals surface area contributed by atoms with Crippen molar-refractivity contribution in [3.05, 3.63) is 0 Å². The van der Waals surface area contributed by atoms with E-state index in [-0.39, 0.29) is 6.03 Å². The number of carboxylic acid groups (broad SMARTS) is 1. The minimum absolute atomic E-state index is 0.341. The Hall–Kier alpha value is -1.30. The van der Waals surface area contributed by atoms with E-state index in [1.54, 1.807) is 27.7 Å². The Morgan fingerprint density at radius 3 is 2.19 bits per heavy atom. The molecule has 21 heavy (non-hydrogen) atoms. The van der Waals surface area contributed by atoms with Gasteiger partial charge in [-0.15, -0.1) is 0 Å². The van der Waals surface area contributed by atoms with Crippen LogP contribution in [0.25, 0.3) is 0 Å². The molecule has 1 unspecified atom stereocenters. The van der Waals surface area contributed by atoms with E-state index in [1.165, 1.54) is 0 Å². The van der Waals surface area contributed by atoms with Crippen LogP contribution in [0.3, 0.4) is 0 Å². The van der Waals surface area contributed by atoms with Crippen LogP contribution >= 0.6 is 0 Å². The molecular weight excluding hydrogens is 270 g/mol. The summed E-state index contributed by atoms with van der Waals surface area (Å²) in [5.41, 5.74) is -1.91. The van der Waals surface area contributed by atoms with E-state index in [9.17, 15) is 14.7 Å². The molecule has 0 aromatic heterocycles. The molecule has 0 aromatic rings. The molecule has 6 nitrogen and oxygen atoms in total. The lowest BCUT2D eigenvalue weighted by Gasteiger charge is -2.38. The zero-order valence-electron chi connectivity index (χ0n) is 14.4. The van der Waals surface area contributed by atoms with E-state index in [2.05, 4.69) is 29.4 Å². The van der Waals surface area contributed by atoms with Gasteiger partial charge in [-0.1, -0.05) is 6.92 Å². The number of carbonyl (C=O) groups is 2. The van der Waals surface area contributed by atoms with Gasteiger partial charge in [0.05, 0.1) is 11.0 Å². The summed E-state index contributed by atoms with van der Waals surface area (Å²) in [5, 5.41) is 14.8. The van der Waals surface area contributed by atoms with Crippen molar-refractivity contribution < 1.29 is 14.7 Å². The van der Waals surface area contributed by atoms with Crippen LogP contribution in [0.4, 0.5) is 4.79 Å². The second-order valence-corrected chi connectivity index (χ2v) is 6.67. The van der Waals surface area contributed by atoms with Crippen LogP contribution in [0.1, 0.15) is 48.0 Å². The first-order valence-electron chi connectivity index (χ1n) is 7.45. The molecular formula is C15H31N3O3. The molecule has 0 aliphatic heterocycles. The molecule has 0 aliphatic carbocycles. The minimum atomic E-state index is -1.06. The van der Waals surface area contributed by atoms with Crippen molar-refractivity contribution in [2.75, 3.05) is 20.1 Å². The highest BCUT2D eigenvalue weighted by Crippen LogP contribution is 2.30. The molecule has 0 spiro atoms. The monoisotopic (exact) mass is 301 g/mol. The van der Waals surface area contributed by atoms with Crippen molar-refractivity contribution in [2.45, 2.75) is 59.5 Å². The summed E-state index contributed by atoms with van der Waals surface area (Å²) in [7, 11) is 2.02. The third-order valence-electron chi connectivity index (χ3n) is 4.62. The first-order chi connectivity index (χ1) is 9.45. The lowest BCUT2D eigenvalue weighted by Crippen LogP contribution is -2.59. The van der Waals surface area contributed by atoms with Gasteiger partial charge in [-0.2, -0.15) is 0 Å². The van der Waals surface area contributed by atoms with Crippen LogP contribution in [0.15, 0.2) is 0 Å². The van der Waals surface area contributed by atoms with Crippen LogP contribution in [-0.4, -0.2) is 53.7 Å². The number of carbonyl (C=O) groups excluding carboxylic acids is 1. The molecule has 0 fully saturated rings. The van der Waals surface area contributed by atoms with Gasteiger partial charge in [-0.3, -0.25) is 4.79 Å². The number of rotatable bonds is 8. The predicted octanol–water partition coefficient (Wildman–Crippen LogP) is 1.91. The smallest absolute Gasteiger partial charge is 0.315 e. The van der Waals surface area contributed by atoms with Crippen LogP contribution in [0, 0.1) is 5.41 Å². The van der Waals surface area contributed by atoms with Crippen molar-refractivity contribution in [3.8, 4) is 0 Å². The Labute approximate surface area is 128 Å². The van der Waals surface area contributed by atoms with Crippen molar-refractivity contribution in [3.63, 3.8) is 0 Å². The van der Waals surface area contributed by atoms with Gasteiger partial charge >= 0.3 is 12.0 Å². The normalized spacial score (nSPS) is 13.9. The van der Waals surface area contributed by atoms with Gasteiger partial charge in [0.25, 0.3) is 0 Å². The maximum Gasteiger partial charge on any atom is 0.315 e. The topological polar surface area (TPSA) is 81.7 Å². The molecule has 0 aromatic carbocycles. The van der Waals surface area contributed by atoms with Crippen molar-refractivity contribution in [1.82, 2.24) is 15.5 Å². The number of nitrogens with zero attached hydrogens (tertiary/aromatic N) is 1. The highest BCUT2D eigenvalue weighted by molar-refractivity contribution is 5.79. The van der Waals surface area contributed by atoms with Crippen molar-refractivity contribution in [1.29, 1.82) is 0 Å². The third kappa shape index (κ3) is 5.53. The summed E-state index contributed by atoms with van der Waals surface area (Å²) in [6.45, 7) is 12.2. The molecule has 124 valence electrons. The molecule has 0 saturated heterocycles. The third-order valence-corrected chi connectivity index (χ3v) is 4.62. The van der Waals surface area contributed by atoms with Gasteiger partial charge in [0.15, 0.2) is 0 Å². The number of carboxylic acids is 1. The summed E-state index contributed by atoms with van der Waals surface area (Å²) >= 11 is 0. The summed E-state index contributed by atoms with van der Waals surface area (Å²) < 4.78 is 0. The first-order valence-corrected chi connectivity index (χ1v) is 7.45. The Bertz CT molecular complexity index is 367. The molecule has 0 radical (unpaired) electrons. The van der Waals surface area contributed by atoms with Crippen molar-refractivity contribution >= 4 is 12.0 Å². The molecule has 0 bridgehead atoms. The number of amides is 2.